The molecule has 0 aliphatic rings. The van der Waals surface area contributed by atoms with Gasteiger partial charge in [-0.1, -0.05) is 25.0 Å². The van der Waals surface area contributed by atoms with Crippen LogP contribution in [0.5, 0.6) is 5.75 Å². The molecule has 1 amide bonds. The van der Waals surface area contributed by atoms with Crippen LogP contribution in [0.4, 0.5) is 0 Å². The summed E-state index contributed by atoms with van der Waals surface area (Å²) < 4.78 is 5.59. The number of rotatable bonds is 7. The summed E-state index contributed by atoms with van der Waals surface area (Å²) in [4.78, 5) is 23.0. The fraction of sp³-hybridized carbons (Fsp3) is 0.500. The Morgan fingerprint density at radius 1 is 1.40 bits per heavy atom. The Hall–Kier alpha value is -1.84. The Balaban J connectivity index is 2.68. The molecule has 4 heteroatoms. The molecule has 1 N–H and O–H groups in total. The zero-order chi connectivity index (χ0) is 15.1. The first-order valence-corrected chi connectivity index (χ1v) is 7.00. The molecule has 0 fully saturated rings. The van der Waals surface area contributed by atoms with Gasteiger partial charge in [0.15, 0.2) is 12.4 Å². The Bertz CT molecular complexity index is 471. The van der Waals surface area contributed by atoms with E-state index in [9.17, 15) is 9.59 Å². The monoisotopic (exact) mass is 277 g/mol. The van der Waals surface area contributed by atoms with E-state index in [1.807, 2.05) is 19.9 Å². The molecule has 0 saturated carbocycles. The first-order chi connectivity index (χ1) is 9.47. The molecule has 1 aromatic carbocycles. The number of hydrogen-bond donors (Lipinski definition) is 1. The number of hydrogen-bond acceptors (Lipinski definition) is 3. The van der Waals surface area contributed by atoms with Gasteiger partial charge in [-0.3, -0.25) is 9.59 Å². The molecular weight excluding hydrogens is 254 g/mol. The van der Waals surface area contributed by atoms with Gasteiger partial charge in [0.25, 0.3) is 5.91 Å². The van der Waals surface area contributed by atoms with Crippen molar-refractivity contribution in [1.29, 1.82) is 0 Å². The predicted molar refractivity (Wildman–Crippen MR) is 79.2 cm³/mol. The number of ether oxygens (including phenoxy) is 1. The highest BCUT2D eigenvalue weighted by Gasteiger charge is 2.17. The van der Waals surface area contributed by atoms with Crippen molar-refractivity contribution < 1.29 is 14.3 Å². The zero-order valence-electron chi connectivity index (χ0n) is 12.6. The van der Waals surface area contributed by atoms with E-state index in [4.69, 9.17) is 4.74 Å². The lowest BCUT2D eigenvalue weighted by molar-refractivity contribution is -0.127. The van der Waals surface area contributed by atoms with Crippen LogP contribution in [-0.4, -0.2) is 24.3 Å². The van der Waals surface area contributed by atoms with E-state index in [0.29, 0.717) is 11.3 Å². The van der Waals surface area contributed by atoms with Gasteiger partial charge in [0, 0.05) is 6.04 Å². The van der Waals surface area contributed by atoms with Crippen molar-refractivity contribution in [2.24, 2.45) is 0 Å². The fourth-order valence-electron chi connectivity index (χ4n) is 1.98. The van der Waals surface area contributed by atoms with Gasteiger partial charge >= 0.3 is 0 Å². The first kappa shape index (κ1) is 16.2. The van der Waals surface area contributed by atoms with E-state index >= 15 is 0 Å². The summed E-state index contributed by atoms with van der Waals surface area (Å²) in [5, 5.41) is 2.90. The number of carbonyl (C=O) groups is 2. The third-order valence-electron chi connectivity index (χ3n) is 3.08. The first-order valence-electron chi connectivity index (χ1n) is 7.00. The molecule has 1 aromatic rings. The van der Waals surface area contributed by atoms with Gasteiger partial charge in [0.1, 0.15) is 5.75 Å². The highest BCUT2D eigenvalue weighted by atomic mass is 16.5. The van der Waals surface area contributed by atoms with E-state index in [1.165, 1.54) is 0 Å². The number of aldehydes is 1. The molecule has 1 rings (SSSR count). The number of amides is 1. The zero-order valence-corrected chi connectivity index (χ0v) is 12.6. The maximum absolute atomic E-state index is 12.0. The average Bonchev–Trinajstić information content (AvgIpc) is 2.40. The van der Waals surface area contributed by atoms with Gasteiger partial charge in [-0.2, -0.15) is 0 Å². The van der Waals surface area contributed by atoms with Crippen LogP contribution >= 0.6 is 0 Å². The second kappa shape index (κ2) is 7.68. The molecule has 4 nitrogen and oxygen atoms in total. The molecule has 0 heterocycles. The largest absolute Gasteiger partial charge is 0.480 e. The predicted octanol–water partition coefficient (Wildman–Crippen LogP) is 2.88. The molecular formula is C16H23NO3. The number of nitrogens with one attached hydrogen (secondary N) is 1. The highest BCUT2D eigenvalue weighted by Crippen LogP contribution is 2.19. The maximum Gasteiger partial charge on any atom is 0.260 e. The van der Waals surface area contributed by atoms with Crippen molar-refractivity contribution in [3.63, 3.8) is 0 Å². The molecule has 0 aliphatic carbocycles. The summed E-state index contributed by atoms with van der Waals surface area (Å²) in [6.07, 6.45) is 2.06. The Labute approximate surface area is 120 Å². The van der Waals surface area contributed by atoms with Crippen molar-refractivity contribution >= 4 is 12.2 Å². The lowest BCUT2D eigenvalue weighted by atomic mass is 10.1. The summed E-state index contributed by atoms with van der Waals surface area (Å²) in [5.41, 5.74) is 1.44. The standard InChI is InChI=1S/C16H23NO3/c1-5-6-12(3)17-16(19)13(4)20-15-8-7-11(2)9-14(15)10-18/h7-10,12-13H,5-6H2,1-4H3,(H,17,19). The van der Waals surface area contributed by atoms with Gasteiger partial charge in [0.05, 0.1) is 5.56 Å². The van der Waals surface area contributed by atoms with Crippen molar-refractivity contribution in [3.8, 4) is 5.75 Å². The van der Waals surface area contributed by atoms with Gasteiger partial charge in [0.2, 0.25) is 0 Å². The molecule has 0 spiro atoms. The van der Waals surface area contributed by atoms with E-state index in [1.54, 1.807) is 19.1 Å². The minimum absolute atomic E-state index is 0.127. The van der Waals surface area contributed by atoms with Crippen molar-refractivity contribution in [2.45, 2.75) is 52.7 Å². The summed E-state index contributed by atoms with van der Waals surface area (Å²) in [6.45, 7) is 7.63. The molecule has 110 valence electrons. The third kappa shape index (κ3) is 4.68. The minimum Gasteiger partial charge on any atom is -0.480 e. The van der Waals surface area contributed by atoms with Crippen LogP contribution in [0.15, 0.2) is 18.2 Å². The van der Waals surface area contributed by atoms with Crippen molar-refractivity contribution in [1.82, 2.24) is 5.32 Å². The average molecular weight is 277 g/mol. The van der Waals surface area contributed by atoms with Gasteiger partial charge in [-0.25, -0.2) is 0 Å². The van der Waals surface area contributed by atoms with Crippen LogP contribution in [0.1, 0.15) is 49.5 Å². The normalized spacial score (nSPS) is 13.4. The minimum atomic E-state index is -0.629. The summed E-state index contributed by atoms with van der Waals surface area (Å²) >= 11 is 0. The summed E-state index contributed by atoms with van der Waals surface area (Å²) in [5.74, 6) is 0.278. The van der Waals surface area contributed by atoms with Crippen LogP contribution in [0.2, 0.25) is 0 Å². The van der Waals surface area contributed by atoms with E-state index in [-0.39, 0.29) is 11.9 Å². The molecule has 0 bridgehead atoms. The molecule has 0 saturated heterocycles. The molecule has 0 aliphatic heterocycles. The van der Waals surface area contributed by atoms with Crippen LogP contribution in [0.3, 0.4) is 0 Å². The molecule has 0 aromatic heterocycles. The number of benzene rings is 1. The lowest BCUT2D eigenvalue weighted by Gasteiger charge is -2.19. The van der Waals surface area contributed by atoms with E-state index in [0.717, 1.165) is 24.7 Å². The lowest BCUT2D eigenvalue weighted by Crippen LogP contribution is -2.41. The molecule has 20 heavy (non-hydrogen) atoms. The Morgan fingerprint density at radius 2 is 2.10 bits per heavy atom. The van der Waals surface area contributed by atoms with Gasteiger partial charge in [-0.15, -0.1) is 0 Å². The van der Waals surface area contributed by atoms with Crippen LogP contribution in [0, 0.1) is 6.92 Å². The van der Waals surface area contributed by atoms with E-state index in [2.05, 4.69) is 12.2 Å². The second-order valence-corrected chi connectivity index (χ2v) is 5.12. The van der Waals surface area contributed by atoms with Crippen molar-refractivity contribution in [3.05, 3.63) is 29.3 Å². The quantitative estimate of drug-likeness (QED) is 0.780. The fourth-order valence-corrected chi connectivity index (χ4v) is 1.98. The van der Waals surface area contributed by atoms with Crippen LogP contribution < -0.4 is 10.1 Å². The van der Waals surface area contributed by atoms with Crippen LogP contribution in [0.25, 0.3) is 0 Å². The smallest absolute Gasteiger partial charge is 0.260 e. The topological polar surface area (TPSA) is 55.4 Å². The van der Waals surface area contributed by atoms with Crippen molar-refractivity contribution in [2.75, 3.05) is 0 Å². The number of aryl methyl sites for hydroxylation is 1. The summed E-state index contributed by atoms with van der Waals surface area (Å²) in [7, 11) is 0. The number of carbonyl (C=O) groups excluding carboxylic acids is 2. The SMILES string of the molecule is CCCC(C)NC(=O)C(C)Oc1ccc(C)cc1C=O. The van der Waals surface area contributed by atoms with Gasteiger partial charge in [-0.05, 0) is 39.3 Å². The maximum atomic E-state index is 12.0. The summed E-state index contributed by atoms with van der Waals surface area (Å²) in [6, 6.07) is 5.44. The van der Waals surface area contributed by atoms with Crippen LogP contribution in [-0.2, 0) is 4.79 Å². The van der Waals surface area contributed by atoms with E-state index < -0.39 is 6.10 Å². The molecule has 2 unspecified atom stereocenters. The molecule has 0 radical (unpaired) electrons. The second-order valence-electron chi connectivity index (χ2n) is 5.12. The molecule has 2 atom stereocenters. The van der Waals surface area contributed by atoms with Gasteiger partial charge < -0.3 is 10.1 Å². The third-order valence-corrected chi connectivity index (χ3v) is 3.08. The highest BCUT2D eigenvalue weighted by molar-refractivity contribution is 5.82. The Morgan fingerprint density at radius 3 is 2.70 bits per heavy atom. The Kier molecular flexibility index (Phi) is 6.22.